The number of halogens is 1. The molecule has 0 aliphatic heterocycles. The van der Waals surface area contributed by atoms with E-state index in [1.807, 2.05) is 61.5 Å². The highest BCUT2D eigenvalue weighted by Crippen LogP contribution is 2.18. The van der Waals surface area contributed by atoms with Gasteiger partial charge in [0.15, 0.2) is 0 Å². The highest BCUT2D eigenvalue weighted by molar-refractivity contribution is 5.88. The zero-order valence-corrected chi connectivity index (χ0v) is 20.0. The molecule has 0 aliphatic carbocycles. The molecular formula is C29H33FN2O2. The largest absolute Gasteiger partial charge is 0.354 e. The number of aryl methyl sites for hydroxylation is 1. The van der Waals surface area contributed by atoms with Gasteiger partial charge in [0.25, 0.3) is 0 Å². The Morgan fingerprint density at radius 3 is 2.26 bits per heavy atom. The summed E-state index contributed by atoms with van der Waals surface area (Å²) >= 11 is 0. The topological polar surface area (TPSA) is 49.4 Å². The molecule has 0 saturated carbocycles. The van der Waals surface area contributed by atoms with Crippen molar-refractivity contribution in [2.24, 2.45) is 0 Å². The van der Waals surface area contributed by atoms with Crippen LogP contribution in [0.4, 0.5) is 4.39 Å². The molecule has 1 N–H and O–H groups in total. The van der Waals surface area contributed by atoms with Crippen LogP contribution in [0.15, 0.2) is 78.9 Å². The van der Waals surface area contributed by atoms with E-state index in [1.54, 1.807) is 17.0 Å². The Morgan fingerprint density at radius 2 is 1.59 bits per heavy atom. The molecule has 0 aliphatic rings. The summed E-state index contributed by atoms with van der Waals surface area (Å²) < 4.78 is 13.4. The fraction of sp³-hybridized carbons (Fsp3) is 0.310. The van der Waals surface area contributed by atoms with Gasteiger partial charge < -0.3 is 10.2 Å². The maximum Gasteiger partial charge on any atom is 0.243 e. The van der Waals surface area contributed by atoms with Gasteiger partial charge in [-0.3, -0.25) is 9.59 Å². The fourth-order valence-electron chi connectivity index (χ4n) is 3.91. The first kappa shape index (κ1) is 25.2. The number of hydrogen-bond acceptors (Lipinski definition) is 2. The van der Waals surface area contributed by atoms with Crippen molar-refractivity contribution in [2.75, 3.05) is 6.54 Å². The molecule has 1 atom stereocenters. The van der Waals surface area contributed by atoms with E-state index in [4.69, 9.17) is 0 Å². The van der Waals surface area contributed by atoms with Crippen molar-refractivity contribution in [3.05, 3.63) is 107 Å². The number of amides is 2. The molecule has 0 spiro atoms. The third kappa shape index (κ3) is 7.27. The second kappa shape index (κ2) is 12.7. The van der Waals surface area contributed by atoms with Crippen LogP contribution in [0.25, 0.3) is 0 Å². The summed E-state index contributed by atoms with van der Waals surface area (Å²) in [5.41, 5.74) is 3.76. The molecule has 0 radical (unpaired) electrons. The summed E-state index contributed by atoms with van der Waals surface area (Å²) in [4.78, 5) is 28.7. The third-order valence-electron chi connectivity index (χ3n) is 5.97. The van der Waals surface area contributed by atoms with Crippen LogP contribution in [0.2, 0.25) is 0 Å². The number of benzene rings is 3. The van der Waals surface area contributed by atoms with Gasteiger partial charge in [-0.15, -0.1) is 0 Å². The summed E-state index contributed by atoms with van der Waals surface area (Å²) in [7, 11) is 0. The molecule has 1 unspecified atom stereocenters. The first-order valence-electron chi connectivity index (χ1n) is 11.9. The minimum atomic E-state index is -0.660. The molecule has 0 bridgehead atoms. The summed E-state index contributed by atoms with van der Waals surface area (Å²) in [6.07, 6.45) is 2.37. The number of nitrogens with zero attached hydrogens (tertiary/aromatic N) is 1. The number of carbonyl (C=O) groups excluding carboxylic acids is 2. The smallest absolute Gasteiger partial charge is 0.243 e. The van der Waals surface area contributed by atoms with E-state index in [9.17, 15) is 14.0 Å². The van der Waals surface area contributed by atoms with Crippen LogP contribution in [-0.2, 0) is 29.0 Å². The van der Waals surface area contributed by atoms with Crippen molar-refractivity contribution in [1.29, 1.82) is 0 Å². The Labute approximate surface area is 201 Å². The minimum absolute atomic E-state index is 0.0969. The summed E-state index contributed by atoms with van der Waals surface area (Å²) in [5.74, 6) is -0.662. The van der Waals surface area contributed by atoms with E-state index >= 15 is 0 Å². The molecule has 0 heterocycles. The van der Waals surface area contributed by atoms with Gasteiger partial charge in [-0.2, -0.15) is 0 Å². The highest BCUT2D eigenvalue weighted by atomic mass is 19.1. The van der Waals surface area contributed by atoms with Crippen molar-refractivity contribution in [1.82, 2.24) is 10.2 Å². The monoisotopic (exact) mass is 460 g/mol. The normalized spacial score (nSPS) is 11.6. The van der Waals surface area contributed by atoms with Crippen LogP contribution < -0.4 is 5.32 Å². The van der Waals surface area contributed by atoms with Crippen LogP contribution >= 0.6 is 0 Å². The van der Waals surface area contributed by atoms with Crippen LogP contribution in [0, 0.1) is 12.7 Å². The highest BCUT2D eigenvalue weighted by Gasteiger charge is 2.30. The van der Waals surface area contributed by atoms with Gasteiger partial charge in [-0.1, -0.05) is 80.1 Å². The van der Waals surface area contributed by atoms with Gasteiger partial charge in [0, 0.05) is 19.5 Å². The molecule has 3 rings (SSSR count). The molecule has 0 aromatic heterocycles. The Balaban J connectivity index is 1.94. The van der Waals surface area contributed by atoms with E-state index in [1.165, 1.54) is 12.1 Å². The Bertz CT molecular complexity index is 1070. The lowest BCUT2D eigenvalue weighted by atomic mass is 10.0. The quantitative estimate of drug-likeness (QED) is 0.398. The zero-order valence-electron chi connectivity index (χ0n) is 20.0. The van der Waals surface area contributed by atoms with Crippen LogP contribution in [0.5, 0.6) is 0 Å². The second-order valence-electron chi connectivity index (χ2n) is 8.60. The Kier molecular flexibility index (Phi) is 9.39. The zero-order chi connectivity index (χ0) is 24.3. The maximum atomic E-state index is 13.6. The summed E-state index contributed by atoms with van der Waals surface area (Å²) in [6, 6.07) is 22.9. The molecular weight excluding hydrogens is 427 g/mol. The van der Waals surface area contributed by atoms with E-state index in [2.05, 4.69) is 12.2 Å². The lowest BCUT2D eigenvalue weighted by Crippen LogP contribution is -2.51. The van der Waals surface area contributed by atoms with Gasteiger partial charge in [0.05, 0.1) is 6.42 Å². The van der Waals surface area contributed by atoms with Crippen LogP contribution in [-0.4, -0.2) is 29.3 Å². The number of rotatable bonds is 11. The first-order valence-corrected chi connectivity index (χ1v) is 11.9. The van der Waals surface area contributed by atoms with Crippen LogP contribution in [0.3, 0.4) is 0 Å². The SMILES string of the molecule is CCCCNC(=O)C(Cc1ccccc1)N(Cc1ccccc1C)C(=O)Cc1ccc(F)cc1. The average Bonchev–Trinajstić information content (AvgIpc) is 2.84. The fourth-order valence-corrected chi connectivity index (χ4v) is 3.91. The van der Waals surface area contributed by atoms with Crippen molar-refractivity contribution in [3.8, 4) is 0 Å². The van der Waals surface area contributed by atoms with Gasteiger partial charge in [0.2, 0.25) is 11.8 Å². The van der Waals surface area contributed by atoms with Gasteiger partial charge >= 0.3 is 0 Å². The molecule has 3 aromatic carbocycles. The van der Waals surface area contributed by atoms with Crippen molar-refractivity contribution in [3.63, 3.8) is 0 Å². The number of hydrogen-bond donors (Lipinski definition) is 1. The third-order valence-corrected chi connectivity index (χ3v) is 5.97. The van der Waals surface area contributed by atoms with E-state index in [0.717, 1.165) is 29.5 Å². The summed E-state index contributed by atoms with van der Waals surface area (Å²) in [5, 5.41) is 3.03. The van der Waals surface area contributed by atoms with Gasteiger partial charge in [-0.05, 0) is 47.7 Å². The minimum Gasteiger partial charge on any atom is -0.354 e. The molecule has 2 amide bonds. The van der Waals surface area contributed by atoms with Crippen molar-refractivity contribution >= 4 is 11.8 Å². The molecule has 0 saturated heterocycles. The first-order chi connectivity index (χ1) is 16.5. The number of nitrogens with one attached hydrogen (secondary N) is 1. The van der Waals surface area contributed by atoms with Gasteiger partial charge in [0.1, 0.15) is 11.9 Å². The van der Waals surface area contributed by atoms with Crippen molar-refractivity contribution in [2.45, 2.75) is 52.1 Å². The Morgan fingerprint density at radius 1 is 0.912 bits per heavy atom. The molecule has 5 heteroatoms. The van der Waals surface area contributed by atoms with E-state index in [0.29, 0.717) is 25.1 Å². The van der Waals surface area contributed by atoms with Crippen LogP contribution in [0.1, 0.15) is 42.0 Å². The number of carbonyl (C=O) groups is 2. The van der Waals surface area contributed by atoms with E-state index in [-0.39, 0.29) is 24.1 Å². The number of unbranched alkanes of at least 4 members (excludes halogenated alkanes) is 1. The van der Waals surface area contributed by atoms with Gasteiger partial charge in [-0.25, -0.2) is 4.39 Å². The summed E-state index contributed by atoms with van der Waals surface area (Å²) in [6.45, 7) is 4.98. The second-order valence-corrected chi connectivity index (χ2v) is 8.60. The maximum absolute atomic E-state index is 13.6. The molecule has 4 nitrogen and oxygen atoms in total. The lowest BCUT2D eigenvalue weighted by Gasteiger charge is -2.32. The van der Waals surface area contributed by atoms with Crippen molar-refractivity contribution < 1.29 is 14.0 Å². The molecule has 0 fully saturated rings. The average molecular weight is 461 g/mol. The lowest BCUT2D eigenvalue weighted by molar-refractivity contribution is -0.140. The molecule has 178 valence electrons. The predicted octanol–water partition coefficient (Wildman–Crippen LogP) is 5.23. The predicted molar refractivity (Wildman–Crippen MR) is 134 cm³/mol. The standard InChI is InChI=1S/C29H33FN2O2/c1-3-4-18-31-29(34)27(19-23-11-6-5-7-12-23)32(21-25-13-9-8-10-22(25)2)28(33)20-24-14-16-26(30)17-15-24/h5-17,27H,3-4,18-21H2,1-2H3,(H,31,34). The molecule has 34 heavy (non-hydrogen) atoms. The molecule has 3 aromatic rings. The Hall–Kier alpha value is -3.47. The van der Waals surface area contributed by atoms with E-state index < -0.39 is 6.04 Å².